The summed E-state index contributed by atoms with van der Waals surface area (Å²) in [7, 11) is 0. The number of rotatable bonds is 2. The molecule has 1 aromatic rings. The number of aromatic nitrogens is 1. The Hall–Kier alpha value is -1.42. The van der Waals surface area contributed by atoms with Crippen molar-refractivity contribution in [3.8, 4) is 0 Å². The first kappa shape index (κ1) is 18.0. The number of likely N-dealkylation sites (N-methyl/N-ethyl adjacent to an activating group) is 1. The van der Waals surface area contributed by atoms with E-state index in [-0.39, 0.29) is 11.3 Å². The molecule has 1 amide bonds. The summed E-state index contributed by atoms with van der Waals surface area (Å²) >= 11 is 0. The lowest BCUT2D eigenvalue weighted by Gasteiger charge is -2.48. The summed E-state index contributed by atoms with van der Waals surface area (Å²) in [6, 6.07) is 4.31. The predicted molar refractivity (Wildman–Crippen MR) is 104 cm³/mol. The largest absolute Gasteiger partial charge is 0.342 e. The van der Waals surface area contributed by atoms with E-state index >= 15 is 0 Å². The highest BCUT2D eigenvalue weighted by molar-refractivity contribution is 5.79. The predicted octanol–water partition coefficient (Wildman–Crippen LogP) is 3.60. The number of hydrogen-bond acceptors (Lipinski definition) is 3. The molecule has 1 aromatic heterocycles. The summed E-state index contributed by atoms with van der Waals surface area (Å²) in [6.45, 7) is 9.56. The van der Waals surface area contributed by atoms with Crippen LogP contribution in [0.4, 0.5) is 0 Å². The molecule has 0 unspecified atom stereocenters. The monoisotopic (exact) mass is 355 g/mol. The maximum absolute atomic E-state index is 13.0. The molecule has 0 aromatic carbocycles. The van der Waals surface area contributed by atoms with E-state index in [1.54, 1.807) is 0 Å². The molecule has 1 saturated heterocycles. The van der Waals surface area contributed by atoms with E-state index < -0.39 is 0 Å². The van der Waals surface area contributed by atoms with Crippen molar-refractivity contribution in [2.24, 2.45) is 11.8 Å². The third kappa shape index (κ3) is 3.28. The van der Waals surface area contributed by atoms with Crippen molar-refractivity contribution in [3.63, 3.8) is 0 Å². The average molecular weight is 356 g/mol. The molecule has 1 saturated carbocycles. The Morgan fingerprint density at radius 1 is 1.23 bits per heavy atom. The van der Waals surface area contributed by atoms with E-state index in [1.165, 1.54) is 24.1 Å². The van der Waals surface area contributed by atoms with Crippen molar-refractivity contribution >= 4 is 5.91 Å². The molecule has 0 radical (unpaired) electrons. The Morgan fingerprint density at radius 3 is 2.65 bits per heavy atom. The zero-order chi connectivity index (χ0) is 18.1. The fraction of sp³-hybridized carbons (Fsp3) is 0.727. The molecule has 1 aliphatic carbocycles. The Morgan fingerprint density at radius 2 is 1.96 bits per heavy atom. The standard InChI is InChI=1S/C22H33N3O/c1-3-24-15-19-5-4-12-23-20(19)22(16-24)10-13-25(14-11-22)21(26)18-8-6-17(2)7-9-18/h4-5,12,17-18H,3,6-11,13-16H2,1-2H3. The van der Waals surface area contributed by atoms with Crippen LogP contribution >= 0.6 is 0 Å². The highest BCUT2D eigenvalue weighted by atomic mass is 16.2. The molecule has 0 N–H and O–H groups in total. The molecule has 0 bridgehead atoms. The van der Waals surface area contributed by atoms with Crippen molar-refractivity contribution in [1.29, 1.82) is 0 Å². The van der Waals surface area contributed by atoms with E-state index in [2.05, 4.69) is 35.8 Å². The Balaban J connectivity index is 1.46. The summed E-state index contributed by atoms with van der Waals surface area (Å²) in [5.74, 6) is 1.51. The smallest absolute Gasteiger partial charge is 0.225 e. The highest BCUT2D eigenvalue weighted by Crippen LogP contribution is 2.41. The minimum atomic E-state index is 0.142. The van der Waals surface area contributed by atoms with Crippen LogP contribution in [0.15, 0.2) is 18.3 Å². The van der Waals surface area contributed by atoms with Crippen LogP contribution in [0.3, 0.4) is 0 Å². The normalized spacial score (nSPS) is 28.8. The molecule has 2 aliphatic heterocycles. The fourth-order valence-corrected chi connectivity index (χ4v) is 5.38. The fourth-order valence-electron chi connectivity index (χ4n) is 5.38. The lowest BCUT2D eigenvalue weighted by Crippen LogP contribution is -2.54. The Kier molecular flexibility index (Phi) is 5.05. The number of fused-ring (bicyclic) bond motifs is 2. The molecular weight excluding hydrogens is 322 g/mol. The second kappa shape index (κ2) is 7.30. The van der Waals surface area contributed by atoms with Crippen LogP contribution in [0.25, 0.3) is 0 Å². The van der Waals surface area contributed by atoms with Gasteiger partial charge in [0.2, 0.25) is 5.91 Å². The lowest BCUT2D eigenvalue weighted by atomic mass is 9.71. The van der Waals surface area contributed by atoms with E-state index in [9.17, 15) is 4.79 Å². The summed E-state index contributed by atoms with van der Waals surface area (Å²) in [6.07, 6.45) is 8.69. The van der Waals surface area contributed by atoms with Crippen molar-refractivity contribution in [2.75, 3.05) is 26.2 Å². The third-order valence-corrected chi connectivity index (χ3v) is 7.16. The van der Waals surface area contributed by atoms with E-state index in [0.717, 1.165) is 64.3 Å². The summed E-state index contributed by atoms with van der Waals surface area (Å²) in [5.41, 5.74) is 2.84. The van der Waals surface area contributed by atoms with E-state index in [4.69, 9.17) is 4.98 Å². The maximum atomic E-state index is 13.0. The number of carbonyl (C=O) groups is 1. The van der Waals surface area contributed by atoms with Gasteiger partial charge in [0, 0.05) is 43.7 Å². The number of likely N-dealkylation sites (tertiary alicyclic amines) is 1. The minimum Gasteiger partial charge on any atom is -0.342 e. The number of pyridine rings is 1. The van der Waals surface area contributed by atoms with Crippen LogP contribution in [0.2, 0.25) is 0 Å². The molecule has 3 aliphatic rings. The molecular formula is C22H33N3O. The molecule has 0 atom stereocenters. The van der Waals surface area contributed by atoms with Gasteiger partial charge in [0.1, 0.15) is 0 Å². The number of nitrogens with zero attached hydrogens (tertiary/aromatic N) is 3. The Bertz CT molecular complexity index is 643. The first-order chi connectivity index (χ1) is 12.6. The molecule has 4 heteroatoms. The summed E-state index contributed by atoms with van der Waals surface area (Å²) in [5, 5.41) is 0. The summed E-state index contributed by atoms with van der Waals surface area (Å²) < 4.78 is 0. The number of amides is 1. The van der Waals surface area contributed by atoms with Crippen LogP contribution in [0, 0.1) is 11.8 Å². The van der Waals surface area contributed by atoms with Crippen LogP contribution in [-0.4, -0.2) is 46.9 Å². The van der Waals surface area contributed by atoms with Gasteiger partial charge >= 0.3 is 0 Å². The van der Waals surface area contributed by atoms with Crippen molar-refractivity contribution in [3.05, 3.63) is 29.6 Å². The van der Waals surface area contributed by atoms with Crippen LogP contribution in [0.5, 0.6) is 0 Å². The summed E-state index contributed by atoms with van der Waals surface area (Å²) in [4.78, 5) is 22.5. The second-order valence-electron chi connectivity index (χ2n) is 8.88. The van der Waals surface area contributed by atoms with Gasteiger partial charge in [-0.1, -0.05) is 19.9 Å². The minimum absolute atomic E-state index is 0.142. The van der Waals surface area contributed by atoms with E-state index in [0.29, 0.717) is 5.91 Å². The SMILES string of the molecule is CCN1Cc2cccnc2C2(CCN(C(=O)C3CCC(C)CC3)CC2)C1. The van der Waals surface area contributed by atoms with Gasteiger partial charge in [0.15, 0.2) is 0 Å². The van der Waals surface area contributed by atoms with Gasteiger partial charge in [-0.25, -0.2) is 0 Å². The van der Waals surface area contributed by atoms with Gasteiger partial charge in [-0.3, -0.25) is 14.7 Å². The maximum Gasteiger partial charge on any atom is 0.225 e. The van der Waals surface area contributed by atoms with Gasteiger partial charge in [-0.2, -0.15) is 0 Å². The first-order valence-corrected chi connectivity index (χ1v) is 10.6. The Labute approximate surface area is 158 Å². The second-order valence-corrected chi connectivity index (χ2v) is 8.88. The molecule has 26 heavy (non-hydrogen) atoms. The highest BCUT2D eigenvalue weighted by Gasteiger charge is 2.44. The molecule has 4 rings (SSSR count). The van der Waals surface area contributed by atoms with Gasteiger partial charge in [0.05, 0.1) is 5.69 Å². The topological polar surface area (TPSA) is 36.4 Å². The van der Waals surface area contributed by atoms with E-state index in [1.807, 2.05) is 6.20 Å². The van der Waals surface area contributed by atoms with Crippen molar-refractivity contribution in [1.82, 2.24) is 14.8 Å². The van der Waals surface area contributed by atoms with Crippen molar-refractivity contribution < 1.29 is 4.79 Å². The molecule has 142 valence electrons. The zero-order valence-electron chi connectivity index (χ0n) is 16.4. The number of hydrogen-bond donors (Lipinski definition) is 0. The third-order valence-electron chi connectivity index (χ3n) is 7.16. The van der Waals surface area contributed by atoms with Crippen LogP contribution in [0.1, 0.15) is 63.6 Å². The molecule has 3 heterocycles. The van der Waals surface area contributed by atoms with Gasteiger partial charge < -0.3 is 4.90 Å². The van der Waals surface area contributed by atoms with Gasteiger partial charge in [-0.05, 0) is 62.6 Å². The molecule has 1 spiro atoms. The molecule has 2 fully saturated rings. The van der Waals surface area contributed by atoms with Crippen LogP contribution in [-0.2, 0) is 16.8 Å². The average Bonchev–Trinajstić information content (AvgIpc) is 2.68. The number of piperidine rings is 1. The van der Waals surface area contributed by atoms with Gasteiger partial charge in [0.25, 0.3) is 0 Å². The van der Waals surface area contributed by atoms with Gasteiger partial charge in [-0.15, -0.1) is 0 Å². The van der Waals surface area contributed by atoms with Crippen molar-refractivity contribution in [2.45, 2.75) is 64.3 Å². The zero-order valence-corrected chi connectivity index (χ0v) is 16.4. The first-order valence-electron chi connectivity index (χ1n) is 10.6. The molecule has 4 nitrogen and oxygen atoms in total. The lowest BCUT2D eigenvalue weighted by molar-refractivity contribution is -0.138. The number of carbonyl (C=O) groups excluding carboxylic acids is 1. The van der Waals surface area contributed by atoms with Crippen LogP contribution < -0.4 is 0 Å². The quantitative estimate of drug-likeness (QED) is 0.813.